The number of benzene rings is 2. The smallest absolute Gasteiger partial charge is 0.0738 e. The number of halogens is 1. The van der Waals surface area contributed by atoms with Gasteiger partial charge in [0.25, 0.3) is 0 Å². The third-order valence-corrected chi connectivity index (χ3v) is 5.33. The lowest BCUT2D eigenvalue weighted by Crippen LogP contribution is -2.27. The molecule has 0 spiro atoms. The molecule has 0 atom stereocenters. The summed E-state index contributed by atoms with van der Waals surface area (Å²) in [7, 11) is 0. The zero-order valence-corrected chi connectivity index (χ0v) is 15.4. The van der Waals surface area contributed by atoms with E-state index in [1.54, 1.807) is 0 Å². The van der Waals surface area contributed by atoms with E-state index in [1.165, 1.54) is 21.8 Å². The van der Waals surface area contributed by atoms with Crippen molar-refractivity contribution in [2.75, 3.05) is 19.6 Å². The Balaban J connectivity index is 1.99. The molecule has 2 aromatic heterocycles. The molecule has 0 unspecified atom stereocenters. The van der Waals surface area contributed by atoms with Crippen LogP contribution in [0.25, 0.3) is 32.7 Å². The maximum absolute atomic E-state index is 6.18. The van der Waals surface area contributed by atoms with Gasteiger partial charge in [-0.15, -0.1) is 0 Å². The molecule has 0 saturated heterocycles. The van der Waals surface area contributed by atoms with Gasteiger partial charge in [-0.25, -0.2) is 0 Å². The van der Waals surface area contributed by atoms with Gasteiger partial charge in [-0.05, 0) is 37.4 Å². The summed E-state index contributed by atoms with van der Waals surface area (Å²) in [5.41, 5.74) is 3.48. The molecule has 0 fully saturated rings. The standard InChI is InChI=1S/C21H22ClN3/c1-3-24(4-2)11-12-25-20-8-6-5-7-16(20)18-14-23-19-13-15(22)9-10-17(19)21(18)25/h5-10,13-14H,3-4,11-12H2,1-2H3. The first-order valence-corrected chi connectivity index (χ1v) is 9.28. The molecule has 0 amide bonds. The highest BCUT2D eigenvalue weighted by Gasteiger charge is 2.14. The maximum atomic E-state index is 6.18. The number of nitrogens with zero attached hydrogens (tertiary/aromatic N) is 3. The minimum Gasteiger partial charge on any atom is -0.339 e. The zero-order valence-electron chi connectivity index (χ0n) is 14.7. The molecule has 2 heterocycles. The predicted molar refractivity (Wildman–Crippen MR) is 108 cm³/mol. The molecule has 3 nitrogen and oxygen atoms in total. The SMILES string of the molecule is CCN(CC)CCn1c2ccccc2c2cnc3cc(Cl)ccc3c21. The molecule has 0 N–H and O–H groups in total. The number of likely N-dealkylation sites (N-methyl/N-ethyl adjacent to an activating group) is 1. The van der Waals surface area contributed by atoms with E-state index in [-0.39, 0.29) is 0 Å². The number of hydrogen-bond acceptors (Lipinski definition) is 2. The lowest BCUT2D eigenvalue weighted by molar-refractivity contribution is 0.293. The molecule has 25 heavy (non-hydrogen) atoms. The van der Waals surface area contributed by atoms with Crippen molar-refractivity contribution >= 4 is 44.3 Å². The summed E-state index contributed by atoms with van der Waals surface area (Å²) >= 11 is 6.18. The Labute approximate surface area is 152 Å². The molecule has 2 aromatic carbocycles. The zero-order chi connectivity index (χ0) is 17.4. The summed E-state index contributed by atoms with van der Waals surface area (Å²) in [5, 5.41) is 4.37. The quantitative estimate of drug-likeness (QED) is 0.484. The Bertz CT molecular complexity index is 1050. The van der Waals surface area contributed by atoms with Crippen LogP contribution in [-0.4, -0.2) is 34.1 Å². The van der Waals surface area contributed by atoms with Crippen molar-refractivity contribution in [2.24, 2.45) is 0 Å². The summed E-state index contributed by atoms with van der Waals surface area (Å²) in [6.45, 7) is 8.59. The molecular formula is C21H22ClN3. The number of fused-ring (bicyclic) bond motifs is 5. The van der Waals surface area contributed by atoms with Crippen LogP contribution in [0.1, 0.15) is 13.8 Å². The van der Waals surface area contributed by atoms with Gasteiger partial charge in [-0.1, -0.05) is 43.6 Å². The van der Waals surface area contributed by atoms with Gasteiger partial charge in [-0.2, -0.15) is 0 Å². The molecule has 0 saturated carbocycles. The summed E-state index contributed by atoms with van der Waals surface area (Å²) in [6, 6.07) is 14.6. The van der Waals surface area contributed by atoms with Gasteiger partial charge < -0.3 is 9.47 Å². The van der Waals surface area contributed by atoms with E-state index in [0.29, 0.717) is 0 Å². The molecule has 4 rings (SSSR count). The molecule has 0 aliphatic rings. The summed E-state index contributed by atoms with van der Waals surface area (Å²) < 4.78 is 2.45. The van der Waals surface area contributed by atoms with E-state index >= 15 is 0 Å². The lowest BCUT2D eigenvalue weighted by atomic mass is 10.1. The van der Waals surface area contributed by atoms with Crippen molar-refractivity contribution < 1.29 is 0 Å². The normalized spacial score (nSPS) is 12.0. The Morgan fingerprint density at radius 1 is 1.00 bits per heavy atom. The lowest BCUT2D eigenvalue weighted by Gasteiger charge is -2.19. The Hall–Kier alpha value is -2.10. The van der Waals surface area contributed by atoms with Crippen molar-refractivity contribution in [3.8, 4) is 0 Å². The minimum absolute atomic E-state index is 0.727. The first kappa shape index (κ1) is 16.4. The number of rotatable bonds is 5. The van der Waals surface area contributed by atoms with Crippen LogP contribution in [0.15, 0.2) is 48.7 Å². The number of para-hydroxylation sites is 1. The molecule has 0 bridgehead atoms. The maximum Gasteiger partial charge on any atom is 0.0738 e. The fraction of sp³-hybridized carbons (Fsp3) is 0.286. The van der Waals surface area contributed by atoms with Crippen LogP contribution in [0.4, 0.5) is 0 Å². The van der Waals surface area contributed by atoms with E-state index < -0.39 is 0 Å². The van der Waals surface area contributed by atoms with Gasteiger partial charge in [-0.3, -0.25) is 4.98 Å². The average Bonchev–Trinajstić information content (AvgIpc) is 2.96. The highest BCUT2D eigenvalue weighted by atomic mass is 35.5. The van der Waals surface area contributed by atoms with Crippen molar-refractivity contribution in [3.63, 3.8) is 0 Å². The van der Waals surface area contributed by atoms with Crippen LogP contribution in [0.3, 0.4) is 0 Å². The molecular weight excluding hydrogens is 330 g/mol. The van der Waals surface area contributed by atoms with Crippen LogP contribution >= 0.6 is 11.6 Å². The number of aromatic nitrogens is 2. The van der Waals surface area contributed by atoms with Crippen LogP contribution in [0.2, 0.25) is 5.02 Å². The first-order valence-electron chi connectivity index (χ1n) is 8.90. The summed E-state index contributed by atoms with van der Waals surface area (Å²) in [6.07, 6.45) is 1.99. The van der Waals surface area contributed by atoms with E-state index in [9.17, 15) is 0 Å². The molecule has 4 aromatic rings. The Morgan fingerprint density at radius 2 is 1.80 bits per heavy atom. The van der Waals surface area contributed by atoms with Crippen molar-refractivity contribution in [3.05, 3.63) is 53.7 Å². The summed E-state index contributed by atoms with van der Waals surface area (Å²) in [4.78, 5) is 7.11. The second kappa shape index (κ2) is 6.66. The molecule has 4 heteroatoms. The molecule has 0 aliphatic carbocycles. The second-order valence-corrected chi connectivity index (χ2v) is 6.81. The van der Waals surface area contributed by atoms with Gasteiger partial charge in [0.2, 0.25) is 0 Å². The predicted octanol–water partition coefficient (Wildman–Crippen LogP) is 5.34. The number of hydrogen-bond donors (Lipinski definition) is 0. The molecule has 0 aliphatic heterocycles. The molecule has 0 radical (unpaired) electrons. The topological polar surface area (TPSA) is 21.1 Å². The van der Waals surface area contributed by atoms with Crippen LogP contribution < -0.4 is 0 Å². The van der Waals surface area contributed by atoms with Gasteiger partial charge in [0.15, 0.2) is 0 Å². The Morgan fingerprint density at radius 3 is 2.60 bits per heavy atom. The van der Waals surface area contributed by atoms with Crippen molar-refractivity contribution in [1.29, 1.82) is 0 Å². The van der Waals surface area contributed by atoms with Gasteiger partial charge >= 0.3 is 0 Å². The van der Waals surface area contributed by atoms with Gasteiger partial charge in [0.1, 0.15) is 0 Å². The fourth-order valence-electron chi connectivity index (χ4n) is 3.71. The van der Waals surface area contributed by atoms with Crippen LogP contribution in [0, 0.1) is 0 Å². The van der Waals surface area contributed by atoms with E-state index in [0.717, 1.165) is 42.1 Å². The van der Waals surface area contributed by atoms with Crippen LogP contribution in [-0.2, 0) is 6.54 Å². The monoisotopic (exact) mass is 351 g/mol. The third kappa shape index (κ3) is 2.78. The van der Waals surface area contributed by atoms with Crippen molar-refractivity contribution in [2.45, 2.75) is 20.4 Å². The fourth-order valence-corrected chi connectivity index (χ4v) is 3.88. The second-order valence-electron chi connectivity index (χ2n) is 6.38. The van der Waals surface area contributed by atoms with Gasteiger partial charge in [0, 0.05) is 46.0 Å². The Kier molecular flexibility index (Phi) is 4.36. The summed E-state index contributed by atoms with van der Waals surface area (Å²) in [5.74, 6) is 0. The largest absolute Gasteiger partial charge is 0.339 e. The van der Waals surface area contributed by atoms with E-state index in [4.69, 9.17) is 11.6 Å². The van der Waals surface area contributed by atoms with Crippen LogP contribution in [0.5, 0.6) is 0 Å². The highest BCUT2D eigenvalue weighted by Crippen LogP contribution is 2.33. The van der Waals surface area contributed by atoms with E-state index in [1.807, 2.05) is 18.3 Å². The third-order valence-electron chi connectivity index (χ3n) is 5.09. The van der Waals surface area contributed by atoms with Gasteiger partial charge in [0.05, 0.1) is 11.0 Å². The minimum atomic E-state index is 0.727. The molecule has 128 valence electrons. The number of pyridine rings is 1. The van der Waals surface area contributed by atoms with E-state index in [2.05, 4.69) is 58.6 Å². The average molecular weight is 352 g/mol. The van der Waals surface area contributed by atoms with Crippen molar-refractivity contribution in [1.82, 2.24) is 14.5 Å². The highest BCUT2D eigenvalue weighted by molar-refractivity contribution is 6.31. The first-order chi connectivity index (χ1) is 12.2.